The summed E-state index contributed by atoms with van der Waals surface area (Å²) in [6.07, 6.45) is 0. The quantitative estimate of drug-likeness (QED) is 0.504. The minimum atomic E-state index is 0.692. The molecule has 46 valence electrons. The van der Waals surface area contributed by atoms with Crippen molar-refractivity contribution in [2.24, 2.45) is 0 Å². The van der Waals surface area contributed by atoms with Gasteiger partial charge >= 0.3 is 0 Å². The molecule has 3 nitrogen and oxygen atoms in total. The number of anilines is 2. The Balaban J connectivity index is 2.71. The Morgan fingerprint density at radius 2 is 2.33 bits per heavy atom. The summed E-state index contributed by atoms with van der Waals surface area (Å²) >= 11 is 0. The summed E-state index contributed by atoms with van der Waals surface area (Å²) in [5.41, 5.74) is 9.77. The van der Waals surface area contributed by atoms with Gasteiger partial charge in [-0.15, -0.1) is 0 Å². The van der Waals surface area contributed by atoms with E-state index in [1.54, 1.807) is 0 Å². The van der Waals surface area contributed by atoms with Gasteiger partial charge in [-0.05, 0) is 12.1 Å². The summed E-state index contributed by atoms with van der Waals surface area (Å²) in [5.74, 6) is 0.715. The number of para-hydroxylation sites is 1. The molecular formula is C6H6N2O. The summed E-state index contributed by atoms with van der Waals surface area (Å²) in [4.78, 5) is 4.94. The molecule has 0 atom stereocenters. The number of hydrogen-bond acceptors (Lipinski definition) is 3. The molecule has 0 spiro atoms. The molecule has 0 radical (unpaired) electrons. The van der Waals surface area contributed by atoms with Crippen molar-refractivity contribution in [1.82, 2.24) is 0 Å². The maximum atomic E-state index is 5.56. The van der Waals surface area contributed by atoms with Crippen LogP contribution in [-0.4, -0.2) is 0 Å². The molecule has 0 saturated carbocycles. The molecule has 1 aliphatic heterocycles. The molecule has 2 bridgehead atoms. The monoisotopic (exact) mass is 122 g/mol. The van der Waals surface area contributed by atoms with E-state index in [1.807, 2.05) is 18.2 Å². The fourth-order valence-electron chi connectivity index (χ4n) is 0.832. The zero-order chi connectivity index (χ0) is 6.27. The lowest BCUT2D eigenvalue weighted by atomic mass is 10.3. The highest BCUT2D eigenvalue weighted by atomic mass is 16.7. The van der Waals surface area contributed by atoms with E-state index < -0.39 is 0 Å². The Hall–Kier alpha value is -1.38. The van der Waals surface area contributed by atoms with Crippen molar-refractivity contribution in [3.63, 3.8) is 0 Å². The van der Waals surface area contributed by atoms with E-state index >= 15 is 0 Å². The Bertz CT molecular complexity index is 225. The van der Waals surface area contributed by atoms with Gasteiger partial charge in [-0.3, -0.25) is 0 Å². The second kappa shape index (κ2) is 1.31. The number of hydrogen-bond donors (Lipinski definition) is 2. The third-order valence-corrected chi connectivity index (χ3v) is 1.34. The second-order valence-corrected chi connectivity index (χ2v) is 1.92. The highest BCUT2D eigenvalue weighted by Gasteiger charge is 2.12. The van der Waals surface area contributed by atoms with Crippen LogP contribution in [0.15, 0.2) is 18.2 Å². The van der Waals surface area contributed by atoms with Gasteiger partial charge in [-0.1, -0.05) is 6.07 Å². The van der Waals surface area contributed by atoms with Crippen LogP contribution in [0.5, 0.6) is 5.75 Å². The van der Waals surface area contributed by atoms with Gasteiger partial charge in [0, 0.05) is 0 Å². The van der Waals surface area contributed by atoms with E-state index in [1.165, 1.54) is 0 Å². The third-order valence-electron chi connectivity index (χ3n) is 1.34. The molecule has 2 rings (SSSR count). The molecule has 3 heteroatoms. The molecular weight excluding hydrogens is 116 g/mol. The van der Waals surface area contributed by atoms with Crippen molar-refractivity contribution < 1.29 is 4.84 Å². The molecule has 9 heavy (non-hydrogen) atoms. The largest absolute Gasteiger partial charge is 0.394 e. The highest BCUT2D eigenvalue weighted by Crippen LogP contribution is 2.34. The van der Waals surface area contributed by atoms with Crippen molar-refractivity contribution >= 4 is 11.4 Å². The zero-order valence-electron chi connectivity index (χ0n) is 4.72. The van der Waals surface area contributed by atoms with Gasteiger partial charge in [0.2, 0.25) is 0 Å². The average molecular weight is 122 g/mol. The predicted octanol–water partition coefficient (Wildman–Crippen LogP) is 0.988. The van der Waals surface area contributed by atoms with Crippen molar-refractivity contribution in [2.75, 3.05) is 11.2 Å². The second-order valence-electron chi connectivity index (χ2n) is 1.92. The number of benzene rings is 1. The summed E-state index contributed by atoms with van der Waals surface area (Å²) in [7, 11) is 0. The van der Waals surface area contributed by atoms with Crippen molar-refractivity contribution in [3.05, 3.63) is 18.2 Å². The number of nitrogens with one attached hydrogen (secondary N) is 1. The summed E-state index contributed by atoms with van der Waals surface area (Å²) in [5, 5.41) is 0. The predicted molar refractivity (Wildman–Crippen MR) is 35.1 cm³/mol. The highest BCUT2D eigenvalue weighted by molar-refractivity contribution is 5.75. The van der Waals surface area contributed by atoms with Gasteiger partial charge in [0.25, 0.3) is 0 Å². The Labute approximate surface area is 52.4 Å². The third kappa shape index (κ3) is 0.455. The van der Waals surface area contributed by atoms with Crippen LogP contribution in [0.3, 0.4) is 0 Å². The first-order chi connectivity index (χ1) is 4.38. The first-order valence-electron chi connectivity index (χ1n) is 2.69. The number of fused-ring (bicyclic) bond motifs is 2. The van der Waals surface area contributed by atoms with Crippen LogP contribution in [-0.2, 0) is 0 Å². The summed E-state index contributed by atoms with van der Waals surface area (Å²) in [6.45, 7) is 0. The molecule has 3 N–H and O–H groups in total. The first-order valence-corrected chi connectivity index (χ1v) is 2.69. The smallest absolute Gasteiger partial charge is 0.180 e. The standard InChI is InChI=1S/C6H6N2O/c7-6-4-2-1-3-5(6)9-8-4/h1-3,8H,7H2. The molecule has 0 fully saturated rings. The van der Waals surface area contributed by atoms with Crippen LogP contribution in [0.2, 0.25) is 0 Å². The lowest BCUT2D eigenvalue weighted by Crippen LogP contribution is -1.94. The normalized spacial score (nSPS) is 12.4. The SMILES string of the molecule is Nc1c2cccc1ON2. The summed E-state index contributed by atoms with van der Waals surface area (Å²) < 4.78 is 0. The van der Waals surface area contributed by atoms with Crippen molar-refractivity contribution in [2.45, 2.75) is 0 Å². The number of rotatable bonds is 0. The Morgan fingerprint density at radius 1 is 1.44 bits per heavy atom. The average Bonchev–Trinajstić information content (AvgIpc) is 2.19. The van der Waals surface area contributed by atoms with Crippen molar-refractivity contribution in [3.8, 4) is 5.75 Å². The molecule has 1 aromatic carbocycles. The molecule has 0 saturated heterocycles. The Kier molecular flexibility index (Phi) is 0.656. The minimum Gasteiger partial charge on any atom is -0.394 e. The molecule has 0 unspecified atom stereocenters. The van der Waals surface area contributed by atoms with E-state index in [-0.39, 0.29) is 0 Å². The fraction of sp³-hybridized carbons (Fsp3) is 0. The Morgan fingerprint density at radius 3 is 3.00 bits per heavy atom. The van der Waals surface area contributed by atoms with E-state index in [2.05, 4.69) is 5.48 Å². The van der Waals surface area contributed by atoms with Crippen LogP contribution in [0.1, 0.15) is 0 Å². The van der Waals surface area contributed by atoms with Crippen LogP contribution in [0, 0.1) is 0 Å². The van der Waals surface area contributed by atoms with Gasteiger partial charge in [0.15, 0.2) is 5.75 Å². The van der Waals surface area contributed by atoms with Crippen molar-refractivity contribution in [1.29, 1.82) is 0 Å². The molecule has 0 amide bonds. The lowest BCUT2D eigenvalue weighted by Gasteiger charge is -1.90. The number of nitrogens with two attached hydrogens (primary N) is 1. The lowest BCUT2D eigenvalue weighted by molar-refractivity contribution is 0.423. The molecule has 1 heterocycles. The van der Waals surface area contributed by atoms with E-state index in [0.717, 1.165) is 5.69 Å². The number of nitrogen functional groups attached to an aromatic ring is 1. The van der Waals surface area contributed by atoms with Crippen LogP contribution in [0.25, 0.3) is 0 Å². The summed E-state index contributed by atoms with van der Waals surface area (Å²) in [6, 6.07) is 5.58. The van der Waals surface area contributed by atoms with E-state index in [9.17, 15) is 0 Å². The fourth-order valence-corrected chi connectivity index (χ4v) is 0.832. The molecule has 0 aromatic heterocycles. The van der Waals surface area contributed by atoms with Gasteiger partial charge in [0.05, 0.1) is 5.69 Å². The molecule has 1 aromatic rings. The van der Waals surface area contributed by atoms with Gasteiger partial charge in [0.1, 0.15) is 5.69 Å². The first kappa shape index (κ1) is 4.49. The molecule has 0 aliphatic carbocycles. The van der Waals surface area contributed by atoms with Crippen LogP contribution < -0.4 is 16.1 Å². The maximum absolute atomic E-state index is 5.56. The maximum Gasteiger partial charge on any atom is 0.180 e. The topological polar surface area (TPSA) is 47.3 Å². The van der Waals surface area contributed by atoms with E-state index in [4.69, 9.17) is 10.6 Å². The minimum absolute atomic E-state index is 0.692. The van der Waals surface area contributed by atoms with E-state index in [0.29, 0.717) is 11.4 Å². The van der Waals surface area contributed by atoms with Gasteiger partial charge in [-0.25, -0.2) is 5.48 Å². The van der Waals surface area contributed by atoms with Crippen LogP contribution in [0.4, 0.5) is 11.4 Å². The van der Waals surface area contributed by atoms with Gasteiger partial charge < -0.3 is 10.6 Å². The molecule has 1 aliphatic rings. The van der Waals surface area contributed by atoms with Gasteiger partial charge in [-0.2, -0.15) is 0 Å². The zero-order valence-corrected chi connectivity index (χ0v) is 4.72. The van der Waals surface area contributed by atoms with Crippen LogP contribution >= 0.6 is 0 Å².